The van der Waals surface area contributed by atoms with E-state index < -0.39 is 0 Å². The number of fused-ring (bicyclic) bond motifs is 1. The van der Waals surface area contributed by atoms with E-state index in [0.29, 0.717) is 5.92 Å². The summed E-state index contributed by atoms with van der Waals surface area (Å²) >= 11 is 1.48. The Labute approximate surface area is 162 Å². The summed E-state index contributed by atoms with van der Waals surface area (Å²) in [5.41, 5.74) is 4.14. The summed E-state index contributed by atoms with van der Waals surface area (Å²) < 4.78 is 0.985. The van der Waals surface area contributed by atoms with Gasteiger partial charge in [-0.1, -0.05) is 0 Å². The quantitative estimate of drug-likeness (QED) is 0.604. The van der Waals surface area contributed by atoms with Crippen LogP contribution in [0.1, 0.15) is 24.5 Å². The number of hydrogen-bond donors (Lipinski definition) is 0. The molecule has 0 aromatic carbocycles. The van der Waals surface area contributed by atoms with Gasteiger partial charge in [-0.3, -0.25) is 0 Å². The molecule has 3 aromatic rings. The summed E-state index contributed by atoms with van der Waals surface area (Å²) in [4.78, 5) is 22.6. The first-order valence-electron chi connectivity index (χ1n) is 8.87. The number of hydrogen-bond acceptors (Lipinski definition) is 6. The van der Waals surface area contributed by atoms with Crippen LogP contribution in [0.2, 0.25) is 0 Å². The molecule has 0 radical (unpaired) electrons. The fraction of sp³-hybridized carbons (Fsp3) is 0.368. The molecule has 0 bridgehead atoms. The molecule has 2 unspecified atom stereocenters. The summed E-state index contributed by atoms with van der Waals surface area (Å²) in [5, 5.41) is 0. The second kappa shape index (κ2) is 7.20. The first-order valence-corrected chi connectivity index (χ1v) is 10.1. The van der Waals surface area contributed by atoms with Gasteiger partial charge < -0.3 is 0 Å². The summed E-state index contributed by atoms with van der Waals surface area (Å²) in [6.07, 6.45) is 5.89. The van der Waals surface area contributed by atoms with Crippen molar-refractivity contribution in [3.8, 4) is 0 Å². The van der Waals surface area contributed by atoms with Crippen molar-refractivity contribution >= 4 is 43.9 Å². The zero-order valence-electron chi connectivity index (χ0n) is 15.1. The van der Waals surface area contributed by atoms with Crippen LogP contribution in [0.15, 0.2) is 36.8 Å². The molecule has 6 nitrogen and oxygen atoms in total. The molecule has 0 aliphatic carbocycles. The van der Waals surface area contributed by atoms with Gasteiger partial charge >= 0.3 is 148 Å². The Morgan fingerprint density at radius 3 is 2.77 bits per heavy atom. The van der Waals surface area contributed by atoms with Gasteiger partial charge in [-0.25, -0.2) is 0 Å². The summed E-state index contributed by atoms with van der Waals surface area (Å²) in [6.45, 7) is 1.98. The van der Waals surface area contributed by atoms with Gasteiger partial charge in [0.1, 0.15) is 0 Å². The van der Waals surface area contributed by atoms with E-state index >= 15 is 0 Å². The molecule has 4 rings (SSSR count). The minimum absolute atomic E-state index is 0.440. The van der Waals surface area contributed by atoms with E-state index in [2.05, 4.69) is 44.0 Å². The van der Waals surface area contributed by atoms with Crippen LogP contribution in [0.4, 0.5) is 11.5 Å². The van der Waals surface area contributed by atoms with Crippen molar-refractivity contribution in [3.63, 3.8) is 0 Å². The van der Waals surface area contributed by atoms with Crippen molar-refractivity contribution in [3.05, 3.63) is 42.5 Å². The van der Waals surface area contributed by atoms with Gasteiger partial charge in [-0.15, -0.1) is 0 Å². The molecule has 1 aliphatic heterocycles. The number of anilines is 2. The molecule has 1 aliphatic rings. The molecular formula is C19H23AsN6. The van der Waals surface area contributed by atoms with Crippen LogP contribution in [0.25, 0.3) is 11.0 Å². The first kappa shape index (κ1) is 17.2. The third-order valence-electron chi connectivity index (χ3n) is 4.95. The SMILES string of the molecule is CN(C)c1ccc(C2CCCN(c3ccc4ncnc([AsH2])c4n3)C2)nc1. The molecule has 7 heteroatoms. The average Bonchev–Trinajstić information content (AvgIpc) is 2.68. The summed E-state index contributed by atoms with van der Waals surface area (Å²) in [6, 6.07) is 8.44. The van der Waals surface area contributed by atoms with Crippen molar-refractivity contribution in [2.45, 2.75) is 18.8 Å². The average molecular weight is 410 g/mol. The van der Waals surface area contributed by atoms with E-state index in [1.54, 1.807) is 6.33 Å². The van der Waals surface area contributed by atoms with E-state index in [1.807, 2.05) is 20.3 Å². The van der Waals surface area contributed by atoms with Crippen LogP contribution in [0.5, 0.6) is 0 Å². The zero-order chi connectivity index (χ0) is 18.1. The number of nitrogens with zero attached hydrogens (tertiary/aromatic N) is 6. The van der Waals surface area contributed by atoms with Crippen LogP contribution in [-0.4, -0.2) is 64.0 Å². The molecule has 26 heavy (non-hydrogen) atoms. The summed E-state index contributed by atoms with van der Waals surface area (Å²) in [7, 11) is 4.08. The predicted molar refractivity (Wildman–Crippen MR) is 108 cm³/mol. The molecule has 0 saturated carbocycles. The molecule has 3 aromatic heterocycles. The predicted octanol–water partition coefficient (Wildman–Crippen LogP) is 1.13. The first-order chi connectivity index (χ1) is 12.6. The number of rotatable bonds is 3. The fourth-order valence-corrected chi connectivity index (χ4v) is 4.04. The van der Waals surface area contributed by atoms with E-state index in [4.69, 9.17) is 9.97 Å². The van der Waals surface area contributed by atoms with Crippen molar-refractivity contribution in [1.82, 2.24) is 19.9 Å². The van der Waals surface area contributed by atoms with E-state index in [-0.39, 0.29) is 0 Å². The van der Waals surface area contributed by atoms with Gasteiger partial charge in [0.05, 0.1) is 0 Å². The molecule has 2 atom stereocenters. The van der Waals surface area contributed by atoms with E-state index in [9.17, 15) is 0 Å². The van der Waals surface area contributed by atoms with Crippen LogP contribution >= 0.6 is 0 Å². The van der Waals surface area contributed by atoms with Crippen LogP contribution in [0, 0.1) is 0 Å². The Kier molecular flexibility index (Phi) is 4.77. The van der Waals surface area contributed by atoms with E-state index in [0.717, 1.165) is 46.5 Å². The molecule has 1 saturated heterocycles. The molecule has 0 spiro atoms. The monoisotopic (exact) mass is 410 g/mol. The Bertz CT molecular complexity index is 912. The molecule has 134 valence electrons. The van der Waals surface area contributed by atoms with Crippen molar-refractivity contribution in [2.24, 2.45) is 0 Å². The van der Waals surface area contributed by atoms with Gasteiger partial charge in [0.15, 0.2) is 0 Å². The van der Waals surface area contributed by atoms with Crippen LogP contribution < -0.4 is 14.3 Å². The Hall–Kier alpha value is -2.20. The Morgan fingerprint density at radius 2 is 2.00 bits per heavy atom. The van der Waals surface area contributed by atoms with Gasteiger partial charge in [-0.05, 0) is 0 Å². The summed E-state index contributed by atoms with van der Waals surface area (Å²) in [5.74, 6) is 1.45. The maximum atomic E-state index is 4.85. The van der Waals surface area contributed by atoms with Gasteiger partial charge in [0, 0.05) is 14.1 Å². The topological polar surface area (TPSA) is 58.0 Å². The van der Waals surface area contributed by atoms with Gasteiger partial charge in [-0.2, -0.15) is 0 Å². The van der Waals surface area contributed by atoms with Crippen molar-refractivity contribution in [2.75, 3.05) is 37.0 Å². The fourth-order valence-electron chi connectivity index (χ4n) is 3.45. The molecule has 0 N–H and O–H groups in total. The zero-order valence-corrected chi connectivity index (χ0v) is 17.6. The molecule has 4 heterocycles. The Morgan fingerprint density at radius 1 is 1.12 bits per heavy atom. The van der Waals surface area contributed by atoms with Gasteiger partial charge in [0.25, 0.3) is 0 Å². The third kappa shape index (κ3) is 3.38. The maximum absolute atomic E-state index is 4.85. The van der Waals surface area contributed by atoms with Gasteiger partial charge in [0.2, 0.25) is 0 Å². The standard InChI is InChI=1S/C19H23AsN6/c1-25(2)14-5-6-15(21-10-14)13-4-3-9-26(11-13)17-8-7-16-18(24-17)19(20)23-12-22-16/h5-8,10,12-13H,3-4,9,11,20H2,1-2H3. The second-order valence-corrected chi connectivity index (χ2v) is 8.06. The van der Waals surface area contributed by atoms with Crippen LogP contribution in [0.3, 0.4) is 0 Å². The van der Waals surface area contributed by atoms with Crippen molar-refractivity contribution in [1.29, 1.82) is 0 Å². The molecule has 0 amide bonds. The normalized spacial score (nSPS) is 17.5. The third-order valence-corrected chi connectivity index (χ3v) is 5.83. The van der Waals surface area contributed by atoms with Crippen LogP contribution in [-0.2, 0) is 0 Å². The number of aromatic nitrogens is 4. The minimum atomic E-state index is 0.440. The molecule has 1 fully saturated rings. The number of piperidine rings is 1. The van der Waals surface area contributed by atoms with Crippen molar-refractivity contribution < 1.29 is 0 Å². The second-order valence-electron chi connectivity index (χ2n) is 6.92. The molecular weight excluding hydrogens is 387 g/mol. The Balaban J connectivity index is 1.57. The van der Waals surface area contributed by atoms with E-state index in [1.165, 1.54) is 29.0 Å². The number of pyridine rings is 2.